The predicted octanol–water partition coefficient (Wildman–Crippen LogP) is -0.242. The third kappa shape index (κ3) is 8.71. The molecule has 48 valence electrons. The average Bonchev–Trinajstić information content (AvgIpc) is 1.65. The van der Waals surface area contributed by atoms with Gasteiger partial charge in [-0.3, -0.25) is 9.59 Å². The van der Waals surface area contributed by atoms with Crippen molar-refractivity contribution in [3.63, 3.8) is 0 Å². The zero-order valence-electron chi connectivity index (χ0n) is 5.64. The molecule has 0 spiro atoms. The summed E-state index contributed by atoms with van der Waals surface area (Å²) >= 11 is 0. The normalized spacial score (nSPS) is 7.33. The zero-order chi connectivity index (χ0) is 6.57. The molecular weight excluding hydrogens is 245 g/mol. The van der Waals surface area contributed by atoms with Crippen LogP contribution in [0.25, 0.3) is 0 Å². The van der Waals surface area contributed by atoms with E-state index in [2.05, 4.69) is 4.74 Å². The molecule has 0 unspecified atom stereocenters. The van der Waals surface area contributed by atoms with Crippen molar-refractivity contribution in [1.29, 1.82) is 0 Å². The van der Waals surface area contributed by atoms with Crippen molar-refractivity contribution >= 4 is 60.6 Å². The van der Waals surface area contributed by atoms with Crippen molar-refractivity contribution in [2.75, 3.05) is 7.11 Å². The molecule has 9 heavy (non-hydrogen) atoms. The van der Waals surface area contributed by atoms with Gasteiger partial charge in [-0.1, -0.05) is 0 Å². The van der Waals surface area contributed by atoms with Crippen LogP contribution in [0.3, 0.4) is 0 Å². The Morgan fingerprint density at radius 2 is 1.89 bits per heavy atom. The molecule has 0 amide bonds. The maximum atomic E-state index is 10.2. The van der Waals surface area contributed by atoms with Crippen LogP contribution in [0.5, 0.6) is 0 Å². The van der Waals surface area contributed by atoms with E-state index in [4.69, 9.17) is 0 Å². The second kappa shape index (κ2) is 6.83. The number of hydrogen-bond donors (Lipinski definition) is 0. The van der Waals surface area contributed by atoms with Gasteiger partial charge in [0.15, 0.2) is 0 Å². The summed E-state index contributed by atoms with van der Waals surface area (Å²) in [5, 5.41) is 0. The molecule has 3 nitrogen and oxygen atoms in total. The predicted molar refractivity (Wildman–Crippen MR) is 33.1 cm³/mol. The van der Waals surface area contributed by atoms with Crippen molar-refractivity contribution in [3.8, 4) is 0 Å². The molecule has 0 atom stereocenters. The third-order valence-electron chi connectivity index (χ3n) is 0.621. The van der Waals surface area contributed by atoms with Gasteiger partial charge >= 0.3 is 5.97 Å². The first-order chi connectivity index (χ1) is 3.66. The van der Waals surface area contributed by atoms with Gasteiger partial charge in [0.1, 0.15) is 12.2 Å². The molecule has 0 rings (SSSR count). The minimum atomic E-state index is -0.475. The van der Waals surface area contributed by atoms with E-state index >= 15 is 0 Å². The van der Waals surface area contributed by atoms with E-state index in [0.717, 1.165) is 0 Å². The summed E-state index contributed by atoms with van der Waals surface area (Å²) in [6.07, 6.45) is -0.115. The Bertz CT molecular complexity index is 111. The molecular formula is C5H8BaO3. The zero-order valence-corrected chi connectivity index (χ0v) is 10.1. The van der Waals surface area contributed by atoms with Gasteiger partial charge in [-0.2, -0.15) is 0 Å². The smallest absolute Gasteiger partial charge is 0.313 e. The summed E-state index contributed by atoms with van der Waals surface area (Å²) < 4.78 is 4.20. The number of esters is 1. The Balaban J connectivity index is 0. The summed E-state index contributed by atoms with van der Waals surface area (Å²) in [5.41, 5.74) is 0. The van der Waals surface area contributed by atoms with Crippen LogP contribution in [0.15, 0.2) is 0 Å². The van der Waals surface area contributed by atoms with Crippen LogP contribution in [-0.4, -0.2) is 67.7 Å². The minimum Gasteiger partial charge on any atom is -0.469 e. The quantitative estimate of drug-likeness (QED) is 0.387. The molecule has 0 aromatic carbocycles. The van der Waals surface area contributed by atoms with Crippen LogP contribution in [0.1, 0.15) is 13.3 Å². The standard InChI is InChI=1S/C5H8O3.Ba/c1-4(6)3-5(7)8-2;/h3H2,1-2H3;. The number of ketones is 1. The van der Waals surface area contributed by atoms with Gasteiger partial charge < -0.3 is 4.74 Å². The third-order valence-corrected chi connectivity index (χ3v) is 0.621. The fourth-order valence-corrected chi connectivity index (χ4v) is 0.275. The molecule has 0 aliphatic heterocycles. The first-order valence-electron chi connectivity index (χ1n) is 2.23. The number of Topliss-reactive ketones (excluding diaryl/α,β-unsaturated/α-hetero) is 1. The molecule has 0 aliphatic rings. The largest absolute Gasteiger partial charge is 0.469 e. The fraction of sp³-hybridized carbons (Fsp3) is 0.600. The van der Waals surface area contributed by atoms with Gasteiger partial charge in [-0.25, -0.2) is 0 Å². The van der Waals surface area contributed by atoms with Crippen molar-refractivity contribution in [2.45, 2.75) is 13.3 Å². The van der Waals surface area contributed by atoms with E-state index in [9.17, 15) is 9.59 Å². The summed E-state index contributed by atoms with van der Waals surface area (Å²) in [7, 11) is 1.26. The Hall–Kier alpha value is 0.711. The average molecular weight is 253 g/mol. The van der Waals surface area contributed by atoms with Crippen LogP contribution in [0, 0.1) is 0 Å². The molecule has 0 aromatic rings. The number of carbonyl (C=O) groups excluding carboxylic acids is 2. The van der Waals surface area contributed by atoms with Gasteiger partial charge in [0.05, 0.1) is 7.11 Å². The monoisotopic (exact) mass is 254 g/mol. The molecule has 0 saturated carbocycles. The summed E-state index contributed by atoms with van der Waals surface area (Å²) in [6.45, 7) is 1.34. The molecule has 0 saturated heterocycles. The fourth-order valence-electron chi connectivity index (χ4n) is 0.275. The summed E-state index contributed by atoms with van der Waals surface area (Å²) in [5.74, 6) is -0.644. The number of carbonyl (C=O) groups is 2. The molecule has 0 fully saturated rings. The first-order valence-corrected chi connectivity index (χ1v) is 2.23. The van der Waals surface area contributed by atoms with Crippen molar-refractivity contribution < 1.29 is 14.3 Å². The molecule has 2 radical (unpaired) electrons. The van der Waals surface area contributed by atoms with E-state index in [-0.39, 0.29) is 61.1 Å². The second-order valence-electron chi connectivity index (χ2n) is 1.45. The number of rotatable bonds is 2. The van der Waals surface area contributed by atoms with Crippen molar-refractivity contribution in [3.05, 3.63) is 0 Å². The van der Waals surface area contributed by atoms with E-state index in [1.165, 1.54) is 14.0 Å². The summed E-state index contributed by atoms with van der Waals surface area (Å²) in [4.78, 5) is 20.3. The van der Waals surface area contributed by atoms with Crippen LogP contribution in [0.4, 0.5) is 0 Å². The Kier molecular flexibility index (Phi) is 9.40. The molecule has 0 aromatic heterocycles. The van der Waals surface area contributed by atoms with Gasteiger partial charge in [0.25, 0.3) is 0 Å². The van der Waals surface area contributed by atoms with E-state index in [1.54, 1.807) is 0 Å². The van der Waals surface area contributed by atoms with E-state index < -0.39 is 5.97 Å². The summed E-state index contributed by atoms with van der Waals surface area (Å²) in [6, 6.07) is 0. The van der Waals surface area contributed by atoms with Crippen LogP contribution in [-0.2, 0) is 14.3 Å². The van der Waals surface area contributed by atoms with Gasteiger partial charge in [0, 0.05) is 48.9 Å². The van der Waals surface area contributed by atoms with Crippen LogP contribution < -0.4 is 0 Å². The van der Waals surface area contributed by atoms with Crippen molar-refractivity contribution in [1.82, 2.24) is 0 Å². The number of ether oxygens (including phenoxy) is 1. The van der Waals surface area contributed by atoms with E-state index in [1.807, 2.05) is 0 Å². The van der Waals surface area contributed by atoms with E-state index in [0.29, 0.717) is 0 Å². The molecule has 0 bridgehead atoms. The van der Waals surface area contributed by atoms with Gasteiger partial charge in [-0.15, -0.1) is 0 Å². The Morgan fingerprint density at radius 1 is 1.44 bits per heavy atom. The SMILES string of the molecule is COC(=O)CC(C)=O.[Ba]. The molecule has 4 heteroatoms. The topological polar surface area (TPSA) is 43.4 Å². The van der Waals surface area contributed by atoms with Crippen LogP contribution >= 0.6 is 0 Å². The number of methoxy groups -OCH3 is 1. The van der Waals surface area contributed by atoms with Crippen LogP contribution in [0.2, 0.25) is 0 Å². The molecule has 0 aliphatic carbocycles. The molecule has 0 N–H and O–H groups in total. The molecule has 0 heterocycles. The Morgan fingerprint density at radius 3 is 2.00 bits per heavy atom. The van der Waals surface area contributed by atoms with Gasteiger partial charge in [0.2, 0.25) is 0 Å². The minimum absolute atomic E-state index is 0. The maximum Gasteiger partial charge on any atom is 0.313 e. The van der Waals surface area contributed by atoms with Crippen molar-refractivity contribution in [2.24, 2.45) is 0 Å². The maximum absolute atomic E-state index is 10.2. The number of hydrogen-bond acceptors (Lipinski definition) is 3. The Labute approximate surface area is 94.2 Å². The first kappa shape index (κ1) is 12.4. The van der Waals surface area contributed by atoms with Gasteiger partial charge in [-0.05, 0) is 6.92 Å². The second-order valence-corrected chi connectivity index (χ2v) is 1.45.